The first kappa shape index (κ1) is 33.3. The number of unbranched alkanes of at least 4 members (excludes halogenated alkanes) is 15. The van der Waals surface area contributed by atoms with Crippen molar-refractivity contribution in [1.29, 1.82) is 0 Å². The Morgan fingerprint density at radius 3 is 1.58 bits per heavy atom. The minimum absolute atomic E-state index is 0.283. The molecule has 3 N–H and O–H groups in total. The summed E-state index contributed by atoms with van der Waals surface area (Å²) in [5.41, 5.74) is 0.792. The van der Waals surface area contributed by atoms with Crippen molar-refractivity contribution in [2.45, 2.75) is 117 Å². The molecule has 0 bridgehead atoms. The monoisotopic (exact) mass is 534 g/mol. The van der Waals surface area contributed by atoms with Crippen LogP contribution in [0.5, 0.6) is 5.75 Å². The normalized spacial score (nSPS) is 10.8. The van der Waals surface area contributed by atoms with Crippen molar-refractivity contribution in [2.75, 3.05) is 29.9 Å². The maximum Gasteiger partial charge on any atom is 0.323 e. The molecule has 0 aliphatic carbocycles. The maximum absolute atomic E-state index is 11.5. The Hall–Kier alpha value is -2.77. The lowest BCUT2D eigenvalue weighted by atomic mass is 10.0. The van der Waals surface area contributed by atoms with Crippen LogP contribution in [0.3, 0.4) is 0 Å². The van der Waals surface area contributed by atoms with Gasteiger partial charge in [0.2, 0.25) is 5.91 Å². The SMILES string of the molecule is CCCCCCCCCCCCCCCCCCOc1cc(NC(C)=O)cc(N(CC(=O)O)CC(=O)O)c1. The predicted molar refractivity (Wildman–Crippen MR) is 153 cm³/mol. The number of aliphatic carboxylic acids is 2. The van der Waals surface area contributed by atoms with Gasteiger partial charge >= 0.3 is 11.9 Å². The second-order valence-electron chi connectivity index (χ2n) is 10.2. The van der Waals surface area contributed by atoms with Crippen LogP contribution >= 0.6 is 0 Å². The molecule has 0 unspecified atom stereocenters. The molecule has 1 rings (SSSR count). The van der Waals surface area contributed by atoms with Crippen molar-refractivity contribution in [3.05, 3.63) is 18.2 Å². The molecule has 38 heavy (non-hydrogen) atoms. The predicted octanol–water partition coefficient (Wildman–Crippen LogP) is 7.26. The van der Waals surface area contributed by atoms with Crippen LogP contribution in [0.4, 0.5) is 11.4 Å². The molecule has 8 nitrogen and oxygen atoms in total. The van der Waals surface area contributed by atoms with E-state index in [-0.39, 0.29) is 5.91 Å². The number of rotatable bonds is 24. The number of carboxylic acid groups (broad SMARTS) is 2. The first-order valence-corrected chi connectivity index (χ1v) is 14.6. The van der Waals surface area contributed by atoms with E-state index in [1.807, 2.05) is 0 Å². The number of ether oxygens (including phenoxy) is 1. The average molecular weight is 535 g/mol. The van der Waals surface area contributed by atoms with Gasteiger partial charge < -0.3 is 25.2 Å². The van der Waals surface area contributed by atoms with E-state index < -0.39 is 25.0 Å². The van der Waals surface area contributed by atoms with Crippen molar-refractivity contribution in [2.24, 2.45) is 0 Å². The molecule has 0 radical (unpaired) electrons. The lowest BCUT2D eigenvalue weighted by molar-refractivity contribution is -0.136. The highest BCUT2D eigenvalue weighted by molar-refractivity contribution is 5.90. The smallest absolute Gasteiger partial charge is 0.323 e. The molecule has 0 fully saturated rings. The van der Waals surface area contributed by atoms with E-state index in [2.05, 4.69) is 12.2 Å². The van der Waals surface area contributed by atoms with E-state index in [0.29, 0.717) is 23.7 Å². The number of carbonyl (C=O) groups excluding carboxylic acids is 1. The second-order valence-corrected chi connectivity index (χ2v) is 10.2. The number of anilines is 2. The van der Waals surface area contributed by atoms with E-state index >= 15 is 0 Å². The maximum atomic E-state index is 11.5. The van der Waals surface area contributed by atoms with Gasteiger partial charge in [0.15, 0.2) is 0 Å². The number of amides is 1. The van der Waals surface area contributed by atoms with Crippen LogP contribution in [-0.4, -0.2) is 47.8 Å². The van der Waals surface area contributed by atoms with Crippen LogP contribution in [0, 0.1) is 0 Å². The van der Waals surface area contributed by atoms with Gasteiger partial charge in [0.1, 0.15) is 18.8 Å². The van der Waals surface area contributed by atoms with E-state index in [9.17, 15) is 24.6 Å². The van der Waals surface area contributed by atoms with Gasteiger partial charge in [-0.3, -0.25) is 14.4 Å². The molecule has 0 saturated heterocycles. The van der Waals surface area contributed by atoms with E-state index in [1.165, 1.54) is 102 Å². The van der Waals surface area contributed by atoms with Crippen LogP contribution < -0.4 is 15.0 Å². The molecule has 0 aromatic heterocycles. The highest BCUT2D eigenvalue weighted by Crippen LogP contribution is 2.28. The van der Waals surface area contributed by atoms with Crippen LogP contribution in [0.1, 0.15) is 117 Å². The van der Waals surface area contributed by atoms with Gasteiger partial charge in [0.05, 0.1) is 6.61 Å². The largest absolute Gasteiger partial charge is 0.493 e. The third-order valence-electron chi connectivity index (χ3n) is 6.50. The van der Waals surface area contributed by atoms with Crippen LogP contribution in [0.25, 0.3) is 0 Å². The third-order valence-corrected chi connectivity index (χ3v) is 6.50. The molecule has 1 aromatic rings. The fourth-order valence-electron chi connectivity index (χ4n) is 4.53. The van der Waals surface area contributed by atoms with Gasteiger partial charge in [0, 0.05) is 30.4 Å². The molecular formula is C30H50N2O6. The molecule has 1 amide bonds. The number of carboxylic acids is 2. The molecule has 0 aliphatic rings. The topological polar surface area (TPSA) is 116 Å². The zero-order valence-electron chi connectivity index (χ0n) is 23.6. The summed E-state index contributed by atoms with van der Waals surface area (Å²) in [7, 11) is 0. The molecule has 0 saturated carbocycles. The Balaban J connectivity index is 2.29. The van der Waals surface area contributed by atoms with Gasteiger partial charge in [0.25, 0.3) is 0 Å². The summed E-state index contributed by atoms with van der Waals surface area (Å²) in [5.74, 6) is -2.11. The molecular weight excluding hydrogens is 484 g/mol. The van der Waals surface area contributed by atoms with Gasteiger partial charge in [-0.15, -0.1) is 0 Å². The molecule has 216 valence electrons. The van der Waals surface area contributed by atoms with Gasteiger partial charge in [-0.2, -0.15) is 0 Å². The molecule has 0 aliphatic heterocycles. The Kier molecular flexibility index (Phi) is 18.5. The van der Waals surface area contributed by atoms with Gasteiger partial charge in [-0.05, 0) is 12.5 Å². The minimum atomic E-state index is -1.15. The fourth-order valence-corrected chi connectivity index (χ4v) is 4.53. The van der Waals surface area contributed by atoms with Crippen LogP contribution in [0.15, 0.2) is 18.2 Å². The number of benzene rings is 1. The van der Waals surface area contributed by atoms with Gasteiger partial charge in [-0.25, -0.2) is 0 Å². The fraction of sp³-hybridized carbons (Fsp3) is 0.700. The summed E-state index contributed by atoms with van der Waals surface area (Å²) in [6.45, 7) is 3.18. The van der Waals surface area contributed by atoms with Crippen molar-refractivity contribution in [3.63, 3.8) is 0 Å². The highest BCUT2D eigenvalue weighted by atomic mass is 16.5. The van der Waals surface area contributed by atoms with Crippen molar-refractivity contribution in [3.8, 4) is 5.75 Å². The number of carbonyl (C=O) groups is 3. The summed E-state index contributed by atoms with van der Waals surface area (Å²) in [5, 5.41) is 21.0. The Morgan fingerprint density at radius 2 is 1.16 bits per heavy atom. The molecule has 0 atom stereocenters. The van der Waals surface area contributed by atoms with E-state index in [1.54, 1.807) is 18.2 Å². The second kappa shape index (κ2) is 21.2. The van der Waals surface area contributed by atoms with Crippen molar-refractivity contribution >= 4 is 29.2 Å². The van der Waals surface area contributed by atoms with Crippen molar-refractivity contribution < 1.29 is 29.3 Å². The zero-order chi connectivity index (χ0) is 28.0. The Bertz CT molecular complexity index is 798. The van der Waals surface area contributed by atoms with Crippen molar-refractivity contribution in [1.82, 2.24) is 0 Å². The lowest BCUT2D eigenvalue weighted by Gasteiger charge is -2.22. The Labute approximate surface area is 229 Å². The molecule has 8 heteroatoms. The summed E-state index contributed by atoms with van der Waals surface area (Å²) in [4.78, 5) is 35.2. The lowest BCUT2D eigenvalue weighted by Crippen LogP contribution is -2.34. The minimum Gasteiger partial charge on any atom is -0.493 e. The average Bonchev–Trinajstić information content (AvgIpc) is 2.84. The number of nitrogens with zero attached hydrogens (tertiary/aromatic N) is 1. The summed E-state index contributed by atoms with van der Waals surface area (Å²) >= 11 is 0. The van der Waals surface area contributed by atoms with Crippen LogP contribution in [0.2, 0.25) is 0 Å². The molecule has 0 heterocycles. The number of hydrogen-bond acceptors (Lipinski definition) is 5. The molecule has 0 spiro atoms. The van der Waals surface area contributed by atoms with E-state index in [0.717, 1.165) is 12.8 Å². The number of nitrogens with one attached hydrogen (secondary N) is 1. The summed E-state index contributed by atoms with van der Waals surface area (Å²) in [6, 6.07) is 4.83. The van der Waals surface area contributed by atoms with Crippen LogP contribution in [-0.2, 0) is 14.4 Å². The number of hydrogen-bond donors (Lipinski definition) is 3. The summed E-state index contributed by atoms with van der Waals surface area (Å²) < 4.78 is 5.88. The highest BCUT2D eigenvalue weighted by Gasteiger charge is 2.16. The van der Waals surface area contributed by atoms with E-state index in [4.69, 9.17) is 4.74 Å². The molecule has 1 aromatic carbocycles. The Morgan fingerprint density at radius 1 is 0.711 bits per heavy atom. The third kappa shape index (κ3) is 17.6. The zero-order valence-corrected chi connectivity index (χ0v) is 23.6. The first-order chi connectivity index (χ1) is 18.3. The summed E-state index contributed by atoms with van der Waals surface area (Å²) in [6.07, 6.45) is 20.7. The first-order valence-electron chi connectivity index (χ1n) is 14.6. The quantitative estimate of drug-likeness (QED) is 0.119. The standard InChI is InChI=1S/C30H50N2O6/c1-3-4-5-6-7-8-9-10-11-12-13-14-15-16-17-18-19-38-28-21-26(31-25(2)33)20-27(22-28)32(23-29(34)35)24-30(36)37/h20-22H,3-19,23-24H2,1-2H3,(H,31,33)(H,34,35)(H,36,37). The van der Waals surface area contributed by atoms with Gasteiger partial charge in [-0.1, -0.05) is 103 Å².